The number of aryl methyl sites for hydroxylation is 2. The van der Waals surface area contributed by atoms with Gasteiger partial charge in [0.05, 0.1) is 12.6 Å². The lowest BCUT2D eigenvalue weighted by atomic mass is 10.0. The Morgan fingerprint density at radius 1 is 1.47 bits per heavy atom. The second kappa shape index (κ2) is 4.88. The minimum absolute atomic E-state index is 0.00297. The highest BCUT2D eigenvalue weighted by molar-refractivity contribution is 5.96. The summed E-state index contributed by atoms with van der Waals surface area (Å²) in [5, 5.41) is 9.25. The Bertz CT molecular complexity index is 428. The van der Waals surface area contributed by atoms with Crippen LogP contribution in [-0.4, -0.2) is 35.1 Å². The molecule has 0 saturated carbocycles. The lowest BCUT2D eigenvalue weighted by molar-refractivity contribution is 0.0677. The van der Waals surface area contributed by atoms with Gasteiger partial charge in [0.25, 0.3) is 5.91 Å². The number of carbonyl (C=O) groups is 1. The van der Waals surface area contributed by atoms with Crippen LogP contribution in [0.5, 0.6) is 0 Å². The van der Waals surface area contributed by atoms with Crippen molar-refractivity contribution >= 4 is 5.91 Å². The number of amides is 1. The summed E-state index contributed by atoms with van der Waals surface area (Å²) in [6, 6.07) is 5.88. The predicted octanol–water partition coefficient (Wildman–Crippen LogP) is 1.90. The van der Waals surface area contributed by atoms with Gasteiger partial charge in [-0.3, -0.25) is 4.79 Å². The molecule has 1 aromatic carbocycles. The zero-order chi connectivity index (χ0) is 12.4. The molecule has 1 N–H and O–H groups in total. The molecule has 0 aromatic heterocycles. The van der Waals surface area contributed by atoms with E-state index in [1.165, 1.54) is 5.56 Å². The van der Waals surface area contributed by atoms with Gasteiger partial charge in [0.15, 0.2) is 0 Å². The van der Waals surface area contributed by atoms with E-state index in [1.807, 2.05) is 32.0 Å². The molecular weight excluding hydrogens is 214 g/mol. The largest absolute Gasteiger partial charge is 0.394 e. The van der Waals surface area contributed by atoms with E-state index in [-0.39, 0.29) is 18.6 Å². The second-order valence-electron chi connectivity index (χ2n) is 4.80. The van der Waals surface area contributed by atoms with Crippen LogP contribution in [0.25, 0.3) is 0 Å². The van der Waals surface area contributed by atoms with E-state index in [2.05, 4.69) is 0 Å². The standard InChI is InChI=1S/C14H19NO2/c1-10-5-6-13(11(2)8-10)14(17)15-7-3-4-12(15)9-16/h5-6,8,12,16H,3-4,7,9H2,1-2H3. The maximum Gasteiger partial charge on any atom is 0.254 e. The van der Waals surface area contributed by atoms with Crippen molar-refractivity contribution in [2.24, 2.45) is 0 Å². The molecule has 1 aliphatic heterocycles. The predicted molar refractivity (Wildman–Crippen MR) is 67.1 cm³/mol. The third kappa shape index (κ3) is 2.34. The van der Waals surface area contributed by atoms with Crippen molar-refractivity contribution in [2.75, 3.05) is 13.2 Å². The number of carbonyl (C=O) groups excluding carboxylic acids is 1. The third-order valence-electron chi connectivity index (χ3n) is 3.46. The minimum Gasteiger partial charge on any atom is -0.394 e. The van der Waals surface area contributed by atoms with E-state index in [9.17, 15) is 9.90 Å². The van der Waals surface area contributed by atoms with E-state index in [1.54, 1.807) is 4.90 Å². The topological polar surface area (TPSA) is 40.5 Å². The van der Waals surface area contributed by atoms with Crippen molar-refractivity contribution < 1.29 is 9.90 Å². The summed E-state index contributed by atoms with van der Waals surface area (Å²) >= 11 is 0. The van der Waals surface area contributed by atoms with Crippen LogP contribution in [0.4, 0.5) is 0 Å². The van der Waals surface area contributed by atoms with Crippen LogP contribution in [0, 0.1) is 13.8 Å². The molecule has 3 nitrogen and oxygen atoms in total. The Morgan fingerprint density at radius 2 is 2.24 bits per heavy atom. The Hall–Kier alpha value is -1.35. The highest BCUT2D eigenvalue weighted by atomic mass is 16.3. The smallest absolute Gasteiger partial charge is 0.254 e. The first-order chi connectivity index (χ1) is 8.13. The fourth-order valence-corrected chi connectivity index (χ4v) is 2.50. The van der Waals surface area contributed by atoms with Gasteiger partial charge in [0, 0.05) is 12.1 Å². The van der Waals surface area contributed by atoms with Crippen molar-refractivity contribution in [1.29, 1.82) is 0 Å². The summed E-state index contributed by atoms with van der Waals surface area (Å²) in [5.74, 6) is 0.0547. The van der Waals surface area contributed by atoms with E-state index in [0.717, 1.165) is 30.5 Å². The average Bonchev–Trinajstić information content (AvgIpc) is 2.76. The van der Waals surface area contributed by atoms with Crippen LogP contribution in [0.2, 0.25) is 0 Å². The SMILES string of the molecule is Cc1ccc(C(=O)N2CCCC2CO)c(C)c1. The first-order valence-corrected chi connectivity index (χ1v) is 6.12. The third-order valence-corrected chi connectivity index (χ3v) is 3.46. The Labute approximate surface area is 102 Å². The lowest BCUT2D eigenvalue weighted by Crippen LogP contribution is -2.37. The number of likely N-dealkylation sites (tertiary alicyclic amines) is 1. The lowest BCUT2D eigenvalue weighted by Gasteiger charge is -2.23. The van der Waals surface area contributed by atoms with Crippen LogP contribution >= 0.6 is 0 Å². The molecule has 17 heavy (non-hydrogen) atoms. The van der Waals surface area contributed by atoms with Gasteiger partial charge >= 0.3 is 0 Å². The molecule has 1 aliphatic rings. The Morgan fingerprint density at radius 3 is 2.88 bits per heavy atom. The molecule has 1 heterocycles. The maximum atomic E-state index is 12.4. The normalized spacial score (nSPS) is 19.7. The minimum atomic E-state index is 0.00297. The van der Waals surface area contributed by atoms with Crippen molar-refractivity contribution in [2.45, 2.75) is 32.7 Å². The first-order valence-electron chi connectivity index (χ1n) is 6.12. The molecule has 0 aliphatic carbocycles. The van der Waals surface area contributed by atoms with Gasteiger partial charge in [-0.15, -0.1) is 0 Å². The molecule has 0 spiro atoms. The molecular formula is C14H19NO2. The molecule has 1 saturated heterocycles. The van der Waals surface area contributed by atoms with Gasteiger partial charge in [-0.2, -0.15) is 0 Å². The molecule has 92 valence electrons. The summed E-state index contributed by atoms with van der Waals surface area (Å²) in [5.41, 5.74) is 2.94. The highest BCUT2D eigenvalue weighted by Crippen LogP contribution is 2.21. The van der Waals surface area contributed by atoms with Crippen LogP contribution in [0.15, 0.2) is 18.2 Å². The average molecular weight is 233 g/mol. The molecule has 1 unspecified atom stereocenters. The first kappa shape index (κ1) is 12.1. The monoisotopic (exact) mass is 233 g/mol. The van der Waals surface area contributed by atoms with Gasteiger partial charge < -0.3 is 10.0 Å². The Balaban J connectivity index is 2.24. The fraction of sp³-hybridized carbons (Fsp3) is 0.500. The molecule has 0 bridgehead atoms. The van der Waals surface area contributed by atoms with Gasteiger partial charge in [0.2, 0.25) is 0 Å². The number of nitrogens with zero attached hydrogens (tertiary/aromatic N) is 1. The van der Waals surface area contributed by atoms with Crippen LogP contribution in [-0.2, 0) is 0 Å². The summed E-state index contributed by atoms with van der Waals surface area (Å²) in [7, 11) is 0. The van der Waals surface area contributed by atoms with E-state index >= 15 is 0 Å². The molecule has 1 amide bonds. The van der Waals surface area contributed by atoms with Crippen LogP contribution in [0.3, 0.4) is 0 Å². The fourth-order valence-electron chi connectivity index (χ4n) is 2.50. The van der Waals surface area contributed by atoms with Gasteiger partial charge in [-0.05, 0) is 38.3 Å². The van der Waals surface area contributed by atoms with Gasteiger partial charge in [-0.25, -0.2) is 0 Å². The molecule has 1 aromatic rings. The molecule has 1 atom stereocenters. The summed E-state index contributed by atoms with van der Waals surface area (Å²) in [6.45, 7) is 4.81. The van der Waals surface area contributed by atoms with E-state index < -0.39 is 0 Å². The molecule has 1 fully saturated rings. The van der Waals surface area contributed by atoms with Gasteiger partial charge in [-0.1, -0.05) is 17.7 Å². The molecule has 2 rings (SSSR count). The number of aliphatic hydroxyl groups excluding tert-OH is 1. The number of rotatable bonds is 2. The summed E-state index contributed by atoms with van der Waals surface area (Å²) in [6.07, 6.45) is 1.90. The number of hydrogen-bond acceptors (Lipinski definition) is 2. The quantitative estimate of drug-likeness (QED) is 0.847. The van der Waals surface area contributed by atoms with Crippen LogP contribution < -0.4 is 0 Å². The highest BCUT2D eigenvalue weighted by Gasteiger charge is 2.29. The molecule has 0 radical (unpaired) electrons. The van der Waals surface area contributed by atoms with Crippen LogP contribution in [0.1, 0.15) is 34.3 Å². The van der Waals surface area contributed by atoms with Crippen molar-refractivity contribution in [1.82, 2.24) is 4.90 Å². The summed E-state index contributed by atoms with van der Waals surface area (Å²) < 4.78 is 0. The van der Waals surface area contributed by atoms with Crippen molar-refractivity contribution in [3.05, 3.63) is 34.9 Å². The number of aliphatic hydroxyl groups is 1. The molecule has 3 heteroatoms. The number of benzene rings is 1. The van der Waals surface area contributed by atoms with Crippen molar-refractivity contribution in [3.63, 3.8) is 0 Å². The maximum absolute atomic E-state index is 12.4. The van der Waals surface area contributed by atoms with E-state index in [4.69, 9.17) is 0 Å². The second-order valence-corrected chi connectivity index (χ2v) is 4.80. The number of hydrogen-bond donors (Lipinski definition) is 1. The summed E-state index contributed by atoms with van der Waals surface area (Å²) in [4.78, 5) is 14.2. The van der Waals surface area contributed by atoms with E-state index in [0.29, 0.717) is 0 Å². The Kier molecular flexibility index (Phi) is 3.48. The van der Waals surface area contributed by atoms with Crippen molar-refractivity contribution in [3.8, 4) is 0 Å². The zero-order valence-electron chi connectivity index (χ0n) is 10.4. The zero-order valence-corrected chi connectivity index (χ0v) is 10.4. The van der Waals surface area contributed by atoms with Gasteiger partial charge in [0.1, 0.15) is 0 Å².